The molecule has 0 bridgehead atoms. The Hall–Kier alpha value is -1.24. The lowest BCUT2D eigenvalue weighted by molar-refractivity contribution is -0.122. The molecule has 2 amide bonds. The highest BCUT2D eigenvalue weighted by atomic mass is 32.1. The minimum absolute atomic E-state index is 0.306. The first-order valence-corrected chi connectivity index (χ1v) is 5.46. The summed E-state index contributed by atoms with van der Waals surface area (Å²) >= 11 is 1.46. The molecule has 3 nitrogen and oxygen atoms in total. The fourth-order valence-corrected chi connectivity index (χ4v) is 1.79. The second kappa shape index (κ2) is 5.20. The Kier molecular flexibility index (Phi) is 4.17. The van der Waals surface area contributed by atoms with Gasteiger partial charge in [0.1, 0.15) is 6.54 Å². The van der Waals surface area contributed by atoms with E-state index in [1.54, 1.807) is 18.3 Å². The molecule has 0 radical (unpaired) electrons. The summed E-state index contributed by atoms with van der Waals surface area (Å²) in [5, 5.41) is 7.82. The molecule has 16 heavy (non-hydrogen) atoms. The number of urea groups is 1. The fraction of sp³-hybridized carbons (Fsp3) is 0.444. The lowest BCUT2D eigenvalue weighted by Gasteiger charge is -2.14. The topological polar surface area (TPSA) is 41.1 Å². The maximum absolute atomic E-state index is 11.8. The molecule has 7 heteroatoms. The maximum atomic E-state index is 11.8. The van der Waals surface area contributed by atoms with E-state index in [9.17, 15) is 18.0 Å². The van der Waals surface area contributed by atoms with Crippen LogP contribution in [0, 0.1) is 0 Å². The summed E-state index contributed by atoms with van der Waals surface area (Å²) in [5.41, 5.74) is 0.868. The van der Waals surface area contributed by atoms with E-state index < -0.39 is 18.8 Å². The first-order chi connectivity index (χ1) is 7.38. The molecule has 90 valence electrons. The van der Waals surface area contributed by atoms with Gasteiger partial charge in [0.25, 0.3) is 0 Å². The number of hydrogen-bond acceptors (Lipinski definition) is 2. The second-order valence-corrected chi connectivity index (χ2v) is 4.00. The van der Waals surface area contributed by atoms with Crippen molar-refractivity contribution in [2.24, 2.45) is 0 Å². The molecule has 1 unspecified atom stereocenters. The Morgan fingerprint density at radius 3 is 2.75 bits per heavy atom. The van der Waals surface area contributed by atoms with Crippen molar-refractivity contribution in [3.63, 3.8) is 0 Å². The third-order valence-corrected chi connectivity index (χ3v) is 2.54. The molecular weight excluding hydrogens is 241 g/mol. The minimum Gasteiger partial charge on any atom is -0.332 e. The van der Waals surface area contributed by atoms with E-state index in [2.05, 4.69) is 5.32 Å². The van der Waals surface area contributed by atoms with Crippen LogP contribution < -0.4 is 10.6 Å². The number of alkyl halides is 3. The van der Waals surface area contributed by atoms with E-state index in [1.165, 1.54) is 11.3 Å². The molecule has 1 heterocycles. The van der Waals surface area contributed by atoms with E-state index in [4.69, 9.17) is 0 Å². The second-order valence-electron chi connectivity index (χ2n) is 3.22. The molecule has 1 aromatic heterocycles. The Morgan fingerprint density at radius 1 is 1.56 bits per heavy atom. The zero-order valence-electron chi connectivity index (χ0n) is 8.47. The highest BCUT2D eigenvalue weighted by molar-refractivity contribution is 7.07. The van der Waals surface area contributed by atoms with Gasteiger partial charge in [-0.15, -0.1) is 0 Å². The van der Waals surface area contributed by atoms with Crippen molar-refractivity contribution in [2.75, 3.05) is 6.54 Å². The molecule has 0 aliphatic heterocycles. The summed E-state index contributed by atoms with van der Waals surface area (Å²) in [4.78, 5) is 11.1. The largest absolute Gasteiger partial charge is 0.405 e. The van der Waals surface area contributed by atoms with Gasteiger partial charge in [-0.25, -0.2) is 4.79 Å². The molecule has 0 saturated heterocycles. The first kappa shape index (κ1) is 12.8. The van der Waals surface area contributed by atoms with Crippen molar-refractivity contribution in [1.29, 1.82) is 0 Å². The number of thiophene rings is 1. The molecular formula is C9H11F3N2OS. The monoisotopic (exact) mass is 252 g/mol. The van der Waals surface area contributed by atoms with Gasteiger partial charge in [0.2, 0.25) is 0 Å². The van der Waals surface area contributed by atoms with Crippen LogP contribution in [0.4, 0.5) is 18.0 Å². The predicted octanol–water partition coefficient (Wildman–Crippen LogP) is 2.67. The van der Waals surface area contributed by atoms with Crippen LogP contribution in [0.25, 0.3) is 0 Å². The standard InChI is InChI=1S/C9H11F3N2OS/c1-6(7-2-3-16-4-7)14-8(15)13-5-9(10,11)12/h2-4,6H,5H2,1H3,(H2,13,14,15). The summed E-state index contributed by atoms with van der Waals surface area (Å²) in [7, 11) is 0. The zero-order valence-corrected chi connectivity index (χ0v) is 9.28. The zero-order chi connectivity index (χ0) is 12.2. The smallest absolute Gasteiger partial charge is 0.332 e. The van der Waals surface area contributed by atoms with E-state index in [0.717, 1.165) is 5.56 Å². The number of amides is 2. The Morgan fingerprint density at radius 2 is 2.25 bits per heavy atom. The molecule has 0 aromatic carbocycles. The van der Waals surface area contributed by atoms with Crippen LogP contribution in [0.1, 0.15) is 18.5 Å². The minimum atomic E-state index is -4.39. The molecule has 0 aliphatic rings. The summed E-state index contributed by atoms with van der Waals surface area (Å²) < 4.78 is 35.4. The van der Waals surface area contributed by atoms with Crippen molar-refractivity contribution >= 4 is 17.4 Å². The molecule has 0 aliphatic carbocycles. The highest BCUT2D eigenvalue weighted by Gasteiger charge is 2.27. The van der Waals surface area contributed by atoms with Crippen molar-refractivity contribution in [2.45, 2.75) is 19.1 Å². The summed E-state index contributed by atoms with van der Waals surface area (Å²) in [6.07, 6.45) is -4.39. The van der Waals surface area contributed by atoms with E-state index >= 15 is 0 Å². The van der Waals surface area contributed by atoms with Crippen LogP contribution in [0.3, 0.4) is 0 Å². The predicted molar refractivity (Wildman–Crippen MR) is 55.3 cm³/mol. The highest BCUT2D eigenvalue weighted by Crippen LogP contribution is 2.15. The van der Waals surface area contributed by atoms with Crippen LogP contribution in [0.5, 0.6) is 0 Å². The Balaban J connectivity index is 2.35. The van der Waals surface area contributed by atoms with Gasteiger partial charge in [-0.3, -0.25) is 0 Å². The van der Waals surface area contributed by atoms with E-state index in [1.807, 2.05) is 10.8 Å². The lowest BCUT2D eigenvalue weighted by atomic mass is 10.2. The molecule has 1 rings (SSSR count). The molecule has 0 fully saturated rings. The number of nitrogens with one attached hydrogen (secondary N) is 2. The van der Waals surface area contributed by atoms with Crippen LogP contribution >= 0.6 is 11.3 Å². The van der Waals surface area contributed by atoms with Gasteiger partial charge in [0.05, 0.1) is 6.04 Å². The Bertz CT molecular complexity index is 337. The SMILES string of the molecule is CC(NC(=O)NCC(F)(F)F)c1ccsc1. The van der Waals surface area contributed by atoms with E-state index in [0.29, 0.717) is 0 Å². The Labute approximate surface area is 94.7 Å². The quantitative estimate of drug-likeness (QED) is 0.853. The molecule has 2 N–H and O–H groups in total. The molecule has 1 atom stereocenters. The van der Waals surface area contributed by atoms with Crippen LogP contribution in [-0.4, -0.2) is 18.8 Å². The number of hydrogen-bond donors (Lipinski definition) is 2. The normalized spacial score (nSPS) is 13.2. The summed E-state index contributed by atoms with van der Waals surface area (Å²) in [5.74, 6) is 0. The van der Waals surface area contributed by atoms with Crippen LogP contribution in [-0.2, 0) is 0 Å². The molecule has 1 aromatic rings. The van der Waals surface area contributed by atoms with Gasteiger partial charge < -0.3 is 10.6 Å². The van der Waals surface area contributed by atoms with Gasteiger partial charge in [0.15, 0.2) is 0 Å². The van der Waals surface area contributed by atoms with Crippen molar-refractivity contribution in [3.05, 3.63) is 22.4 Å². The third-order valence-electron chi connectivity index (χ3n) is 1.84. The van der Waals surface area contributed by atoms with Gasteiger partial charge in [0, 0.05) is 0 Å². The number of rotatable bonds is 3. The summed E-state index contributed by atoms with van der Waals surface area (Å²) in [6, 6.07) is 0.676. The van der Waals surface area contributed by atoms with Gasteiger partial charge >= 0.3 is 12.2 Å². The summed E-state index contributed by atoms with van der Waals surface area (Å²) in [6.45, 7) is 0.379. The lowest BCUT2D eigenvalue weighted by Crippen LogP contribution is -2.41. The molecule has 0 saturated carbocycles. The van der Waals surface area contributed by atoms with Crippen LogP contribution in [0.15, 0.2) is 16.8 Å². The van der Waals surface area contributed by atoms with Crippen molar-refractivity contribution < 1.29 is 18.0 Å². The number of carbonyl (C=O) groups is 1. The maximum Gasteiger partial charge on any atom is 0.405 e. The first-order valence-electron chi connectivity index (χ1n) is 4.51. The fourth-order valence-electron chi connectivity index (χ4n) is 1.03. The van der Waals surface area contributed by atoms with Gasteiger partial charge in [-0.05, 0) is 29.3 Å². The average Bonchev–Trinajstić information content (AvgIpc) is 2.66. The average molecular weight is 252 g/mol. The number of carbonyl (C=O) groups excluding carboxylic acids is 1. The molecule has 0 spiro atoms. The van der Waals surface area contributed by atoms with E-state index in [-0.39, 0.29) is 6.04 Å². The van der Waals surface area contributed by atoms with Crippen molar-refractivity contribution in [3.8, 4) is 0 Å². The van der Waals surface area contributed by atoms with Crippen LogP contribution in [0.2, 0.25) is 0 Å². The third kappa shape index (κ3) is 4.52. The van der Waals surface area contributed by atoms with Crippen molar-refractivity contribution in [1.82, 2.24) is 10.6 Å². The number of halogens is 3. The van der Waals surface area contributed by atoms with Gasteiger partial charge in [-0.1, -0.05) is 0 Å². The van der Waals surface area contributed by atoms with Gasteiger partial charge in [-0.2, -0.15) is 24.5 Å².